The van der Waals surface area contributed by atoms with Crippen LogP contribution < -0.4 is 11.1 Å². The van der Waals surface area contributed by atoms with Gasteiger partial charge in [0.1, 0.15) is 5.82 Å². The van der Waals surface area contributed by atoms with Gasteiger partial charge in [0.05, 0.1) is 23.8 Å². The molecule has 0 radical (unpaired) electrons. The van der Waals surface area contributed by atoms with Crippen LogP contribution in [0.4, 0.5) is 17.2 Å². The molecule has 2 aromatic rings. The molecule has 0 aliphatic carbocycles. The fraction of sp³-hybridized carbons (Fsp3) is 0.200. The predicted octanol–water partition coefficient (Wildman–Crippen LogP) is 1.45. The van der Waals surface area contributed by atoms with Crippen molar-refractivity contribution in [2.45, 2.75) is 6.92 Å². The van der Waals surface area contributed by atoms with Crippen LogP contribution in [0, 0.1) is 6.92 Å². The molecule has 78 valence electrons. The Bertz CT molecular complexity index is 474. The quantitative estimate of drug-likeness (QED) is 0.775. The highest BCUT2D eigenvalue weighted by molar-refractivity contribution is 5.58. The van der Waals surface area contributed by atoms with Gasteiger partial charge in [-0.05, 0) is 18.6 Å². The topological polar surface area (TPSA) is 68.8 Å². The largest absolute Gasteiger partial charge is 0.397 e. The van der Waals surface area contributed by atoms with Gasteiger partial charge in [-0.1, -0.05) is 0 Å². The third kappa shape index (κ3) is 2.07. The number of rotatable bonds is 2. The molecule has 0 spiro atoms. The minimum absolute atomic E-state index is 0.701. The molecule has 0 saturated carbocycles. The van der Waals surface area contributed by atoms with Gasteiger partial charge in [-0.2, -0.15) is 5.10 Å². The lowest BCUT2D eigenvalue weighted by molar-refractivity contribution is 0.768. The molecular weight excluding hydrogens is 190 g/mol. The lowest BCUT2D eigenvalue weighted by Crippen LogP contribution is -1.96. The van der Waals surface area contributed by atoms with Crippen molar-refractivity contribution in [3.8, 4) is 0 Å². The smallest absolute Gasteiger partial charge is 0.130 e. The fourth-order valence-corrected chi connectivity index (χ4v) is 1.27. The number of aryl methyl sites for hydroxylation is 2. The second kappa shape index (κ2) is 3.61. The maximum absolute atomic E-state index is 5.68. The monoisotopic (exact) mass is 203 g/mol. The van der Waals surface area contributed by atoms with E-state index in [9.17, 15) is 0 Å². The minimum atomic E-state index is 0.701. The Morgan fingerprint density at radius 3 is 2.80 bits per heavy atom. The lowest BCUT2D eigenvalue weighted by Gasteiger charge is -2.04. The van der Waals surface area contributed by atoms with Crippen molar-refractivity contribution in [1.29, 1.82) is 0 Å². The summed E-state index contributed by atoms with van der Waals surface area (Å²) in [4.78, 5) is 4.17. The molecule has 0 aliphatic heterocycles. The van der Waals surface area contributed by atoms with Gasteiger partial charge in [-0.3, -0.25) is 4.68 Å². The number of hydrogen-bond donors (Lipinski definition) is 2. The highest BCUT2D eigenvalue weighted by Crippen LogP contribution is 2.17. The summed E-state index contributed by atoms with van der Waals surface area (Å²) in [5, 5.41) is 7.20. The van der Waals surface area contributed by atoms with E-state index in [1.165, 1.54) is 0 Å². The molecule has 2 rings (SSSR count). The summed E-state index contributed by atoms with van der Waals surface area (Å²) in [6, 6.07) is 1.91. The summed E-state index contributed by atoms with van der Waals surface area (Å²) < 4.78 is 1.73. The van der Waals surface area contributed by atoms with E-state index in [1.807, 2.05) is 26.2 Å². The molecule has 0 atom stereocenters. The second-order valence-electron chi connectivity index (χ2n) is 3.45. The first kappa shape index (κ1) is 9.51. The number of hydrogen-bond acceptors (Lipinski definition) is 4. The lowest BCUT2D eigenvalue weighted by atomic mass is 10.2. The van der Waals surface area contributed by atoms with Crippen LogP contribution in [0.1, 0.15) is 5.56 Å². The number of anilines is 3. The van der Waals surface area contributed by atoms with Crippen molar-refractivity contribution >= 4 is 17.2 Å². The van der Waals surface area contributed by atoms with E-state index in [0.717, 1.165) is 17.1 Å². The van der Waals surface area contributed by atoms with Gasteiger partial charge < -0.3 is 11.1 Å². The summed E-state index contributed by atoms with van der Waals surface area (Å²) in [5.74, 6) is 0.773. The third-order valence-electron chi connectivity index (χ3n) is 2.13. The van der Waals surface area contributed by atoms with Crippen molar-refractivity contribution in [2.24, 2.45) is 7.05 Å². The first-order chi connectivity index (χ1) is 7.15. The molecule has 2 aromatic heterocycles. The number of pyridine rings is 1. The van der Waals surface area contributed by atoms with Crippen molar-refractivity contribution in [1.82, 2.24) is 14.8 Å². The van der Waals surface area contributed by atoms with E-state index in [1.54, 1.807) is 17.1 Å². The van der Waals surface area contributed by atoms with Crippen molar-refractivity contribution < 1.29 is 0 Å². The standard InChI is InChI=1S/C10H13N5/c1-7-3-10(12-5-9(7)11)14-8-4-13-15(2)6-8/h3-6H,11H2,1-2H3,(H,12,14). The summed E-state index contributed by atoms with van der Waals surface area (Å²) in [5.41, 5.74) is 8.30. The predicted molar refractivity (Wildman–Crippen MR) is 59.9 cm³/mol. The second-order valence-corrected chi connectivity index (χ2v) is 3.45. The molecular formula is C10H13N5. The van der Waals surface area contributed by atoms with E-state index in [0.29, 0.717) is 5.69 Å². The molecule has 0 aliphatic rings. The maximum Gasteiger partial charge on any atom is 0.130 e. The van der Waals surface area contributed by atoms with Crippen LogP contribution in [0.5, 0.6) is 0 Å². The maximum atomic E-state index is 5.68. The molecule has 0 aromatic carbocycles. The van der Waals surface area contributed by atoms with Crippen molar-refractivity contribution in [3.63, 3.8) is 0 Å². The molecule has 0 amide bonds. The molecule has 0 unspecified atom stereocenters. The van der Waals surface area contributed by atoms with E-state index in [4.69, 9.17) is 5.73 Å². The Balaban J connectivity index is 2.21. The Labute approximate surface area is 87.9 Å². The van der Waals surface area contributed by atoms with E-state index < -0.39 is 0 Å². The van der Waals surface area contributed by atoms with E-state index >= 15 is 0 Å². The van der Waals surface area contributed by atoms with Crippen molar-refractivity contribution in [3.05, 3.63) is 30.2 Å². The average Bonchev–Trinajstić information content (AvgIpc) is 2.58. The zero-order chi connectivity index (χ0) is 10.8. The summed E-state index contributed by atoms with van der Waals surface area (Å²) in [6.45, 7) is 1.95. The Morgan fingerprint density at radius 2 is 2.20 bits per heavy atom. The van der Waals surface area contributed by atoms with Gasteiger partial charge in [0.15, 0.2) is 0 Å². The van der Waals surface area contributed by atoms with Gasteiger partial charge in [0.25, 0.3) is 0 Å². The molecule has 5 heteroatoms. The van der Waals surface area contributed by atoms with Crippen LogP contribution in [-0.2, 0) is 7.05 Å². The number of nitrogens with two attached hydrogens (primary N) is 1. The highest BCUT2D eigenvalue weighted by atomic mass is 15.3. The summed E-state index contributed by atoms with van der Waals surface area (Å²) in [7, 11) is 1.87. The minimum Gasteiger partial charge on any atom is -0.397 e. The van der Waals surface area contributed by atoms with Crippen LogP contribution in [0.3, 0.4) is 0 Å². The van der Waals surface area contributed by atoms with Gasteiger partial charge in [-0.25, -0.2) is 4.98 Å². The van der Waals surface area contributed by atoms with Crippen LogP contribution in [0.25, 0.3) is 0 Å². The highest BCUT2D eigenvalue weighted by Gasteiger charge is 2.00. The van der Waals surface area contributed by atoms with Gasteiger partial charge in [0, 0.05) is 13.2 Å². The molecule has 5 nitrogen and oxygen atoms in total. The van der Waals surface area contributed by atoms with E-state index in [2.05, 4.69) is 15.4 Å². The molecule has 15 heavy (non-hydrogen) atoms. The fourth-order valence-electron chi connectivity index (χ4n) is 1.27. The van der Waals surface area contributed by atoms with Crippen LogP contribution in [0.15, 0.2) is 24.7 Å². The van der Waals surface area contributed by atoms with E-state index in [-0.39, 0.29) is 0 Å². The Hall–Kier alpha value is -2.04. The number of aromatic nitrogens is 3. The van der Waals surface area contributed by atoms with Crippen LogP contribution in [-0.4, -0.2) is 14.8 Å². The van der Waals surface area contributed by atoms with Crippen LogP contribution >= 0.6 is 0 Å². The first-order valence-corrected chi connectivity index (χ1v) is 4.63. The van der Waals surface area contributed by atoms with Gasteiger partial charge in [-0.15, -0.1) is 0 Å². The zero-order valence-electron chi connectivity index (χ0n) is 8.73. The molecule has 2 heterocycles. The number of nitrogens with zero attached hydrogens (tertiary/aromatic N) is 3. The third-order valence-corrected chi connectivity index (χ3v) is 2.13. The Kier molecular flexibility index (Phi) is 2.29. The average molecular weight is 203 g/mol. The van der Waals surface area contributed by atoms with Crippen LogP contribution in [0.2, 0.25) is 0 Å². The number of nitrogen functional groups attached to an aromatic ring is 1. The SMILES string of the molecule is Cc1cc(Nc2cnn(C)c2)ncc1N. The first-order valence-electron chi connectivity index (χ1n) is 4.63. The summed E-state index contributed by atoms with van der Waals surface area (Å²) >= 11 is 0. The summed E-state index contributed by atoms with van der Waals surface area (Å²) in [6.07, 6.45) is 5.27. The molecule has 0 saturated heterocycles. The molecule has 0 fully saturated rings. The Morgan fingerprint density at radius 1 is 1.40 bits per heavy atom. The van der Waals surface area contributed by atoms with Crippen molar-refractivity contribution in [2.75, 3.05) is 11.1 Å². The molecule has 0 bridgehead atoms. The molecule has 3 N–H and O–H groups in total. The van der Waals surface area contributed by atoms with Gasteiger partial charge in [0.2, 0.25) is 0 Å². The van der Waals surface area contributed by atoms with Gasteiger partial charge >= 0.3 is 0 Å². The zero-order valence-corrected chi connectivity index (χ0v) is 8.73. The normalized spacial score (nSPS) is 10.3. The number of nitrogens with one attached hydrogen (secondary N) is 1.